The van der Waals surface area contributed by atoms with Gasteiger partial charge in [-0.05, 0) is 13.8 Å². The van der Waals surface area contributed by atoms with Crippen molar-refractivity contribution in [1.29, 1.82) is 0 Å². The van der Waals surface area contributed by atoms with Gasteiger partial charge in [-0.2, -0.15) is 0 Å². The van der Waals surface area contributed by atoms with E-state index in [0.29, 0.717) is 12.0 Å². The third kappa shape index (κ3) is 3.10. The van der Waals surface area contributed by atoms with Crippen LogP contribution in [-0.4, -0.2) is 26.7 Å². The fourth-order valence-corrected chi connectivity index (χ4v) is 2.56. The molecular formula is C10H16N3O5P. The molecule has 0 bridgehead atoms. The maximum atomic E-state index is 11.7. The molecule has 4 N–H and O–H groups in total. The smallest absolute Gasteiger partial charge is 0.330 e. The highest BCUT2D eigenvalue weighted by atomic mass is 31.2. The molecule has 1 aliphatic heterocycles. The Balaban J connectivity index is 2.23. The van der Waals surface area contributed by atoms with Crippen LogP contribution >= 0.6 is 8.53 Å². The zero-order valence-corrected chi connectivity index (χ0v) is 11.5. The largest absolute Gasteiger partial charge is 0.352 e. The fraction of sp³-hybridized carbons (Fsp3) is 0.600. The van der Waals surface area contributed by atoms with Crippen LogP contribution in [0.2, 0.25) is 0 Å². The number of aryl methyl sites for hydroxylation is 1. The van der Waals surface area contributed by atoms with Crippen molar-refractivity contribution in [3.05, 3.63) is 32.6 Å². The summed E-state index contributed by atoms with van der Waals surface area (Å²) in [7, 11) is -1.97. The second kappa shape index (κ2) is 5.52. The van der Waals surface area contributed by atoms with Crippen molar-refractivity contribution in [3.8, 4) is 0 Å². The lowest BCUT2D eigenvalue weighted by Crippen LogP contribution is -2.33. The van der Waals surface area contributed by atoms with Crippen molar-refractivity contribution in [3.63, 3.8) is 0 Å². The Morgan fingerprint density at radius 1 is 1.63 bits per heavy atom. The highest BCUT2D eigenvalue weighted by Crippen LogP contribution is 2.35. The molecule has 2 heterocycles. The average molecular weight is 289 g/mol. The molecule has 0 spiro atoms. The minimum atomic E-state index is -1.97. The van der Waals surface area contributed by atoms with Crippen molar-refractivity contribution in [2.75, 3.05) is 0 Å². The van der Waals surface area contributed by atoms with Gasteiger partial charge < -0.3 is 14.2 Å². The third-order valence-corrected chi connectivity index (χ3v) is 3.52. The van der Waals surface area contributed by atoms with E-state index in [1.807, 2.05) is 0 Å². The van der Waals surface area contributed by atoms with Crippen LogP contribution in [0.5, 0.6) is 0 Å². The Morgan fingerprint density at radius 3 is 2.95 bits per heavy atom. The van der Waals surface area contributed by atoms with Gasteiger partial charge in [0.1, 0.15) is 6.23 Å². The summed E-state index contributed by atoms with van der Waals surface area (Å²) in [5, 5.41) is 0. The van der Waals surface area contributed by atoms with Crippen LogP contribution in [0.15, 0.2) is 15.8 Å². The van der Waals surface area contributed by atoms with E-state index in [9.17, 15) is 9.59 Å². The maximum Gasteiger partial charge on any atom is 0.330 e. The van der Waals surface area contributed by atoms with Gasteiger partial charge in [0.15, 0.2) is 0 Å². The molecule has 9 heteroatoms. The molecular weight excluding hydrogens is 273 g/mol. The van der Waals surface area contributed by atoms with Crippen LogP contribution in [0.25, 0.3) is 0 Å². The van der Waals surface area contributed by atoms with Crippen molar-refractivity contribution >= 4 is 8.53 Å². The Bertz CT molecular complexity index is 569. The summed E-state index contributed by atoms with van der Waals surface area (Å²) in [5.41, 5.74) is 4.69. The minimum absolute atomic E-state index is 0.301. The molecule has 0 radical (unpaired) electrons. The van der Waals surface area contributed by atoms with Crippen LogP contribution < -0.4 is 16.8 Å². The molecule has 0 amide bonds. The highest BCUT2D eigenvalue weighted by Gasteiger charge is 2.35. The molecule has 1 aromatic rings. The summed E-state index contributed by atoms with van der Waals surface area (Å²) >= 11 is 0. The molecule has 1 aromatic heterocycles. The normalized spacial score (nSPS) is 28.5. The van der Waals surface area contributed by atoms with E-state index in [2.05, 4.69) is 4.98 Å². The van der Waals surface area contributed by atoms with E-state index in [1.54, 1.807) is 13.8 Å². The Labute approximate surface area is 110 Å². The predicted octanol–water partition coefficient (Wildman–Crippen LogP) is -0.284. The van der Waals surface area contributed by atoms with Crippen molar-refractivity contribution in [2.45, 2.75) is 38.7 Å². The zero-order chi connectivity index (χ0) is 14.2. The standard InChI is InChI=1S/C10H16N3O5P/c1-5-4-13(10(15)12-9(5)14)8-3-7(6(2)17-8)18-19(11)16/h4,6-8,16H,3,11H2,1-2H3,(H,12,14,15)/t6-,7+,8-,19?/m1/s1. The van der Waals surface area contributed by atoms with Gasteiger partial charge in [0.05, 0.1) is 12.2 Å². The van der Waals surface area contributed by atoms with E-state index in [1.165, 1.54) is 10.8 Å². The number of aromatic amines is 1. The van der Waals surface area contributed by atoms with Gasteiger partial charge in [0.2, 0.25) is 8.53 Å². The highest BCUT2D eigenvalue weighted by molar-refractivity contribution is 7.43. The van der Waals surface area contributed by atoms with Gasteiger partial charge in [-0.15, -0.1) is 0 Å². The summed E-state index contributed by atoms with van der Waals surface area (Å²) in [6.45, 7) is 3.38. The van der Waals surface area contributed by atoms with Crippen LogP contribution in [0.3, 0.4) is 0 Å². The molecule has 2 rings (SSSR count). The van der Waals surface area contributed by atoms with Crippen LogP contribution in [0, 0.1) is 6.92 Å². The van der Waals surface area contributed by atoms with Gasteiger partial charge >= 0.3 is 5.69 Å². The van der Waals surface area contributed by atoms with E-state index in [4.69, 9.17) is 19.7 Å². The number of rotatable bonds is 3. The molecule has 4 atom stereocenters. The van der Waals surface area contributed by atoms with E-state index in [0.717, 1.165) is 0 Å². The topological polar surface area (TPSA) is 120 Å². The molecule has 1 aliphatic rings. The quantitative estimate of drug-likeness (QED) is 0.658. The Hall–Kier alpha value is -1.05. The Morgan fingerprint density at radius 2 is 2.32 bits per heavy atom. The second-order valence-electron chi connectivity index (χ2n) is 4.46. The SMILES string of the molecule is Cc1cn([C@H]2C[C@H](OP(N)O)[C@@H](C)O2)c(=O)[nH]c1=O. The first kappa shape index (κ1) is 14.4. The summed E-state index contributed by atoms with van der Waals surface area (Å²) in [6, 6.07) is 0. The maximum absolute atomic E-state index is 11.7. The van der Waals surface area contributed by atoms with E-state index < -0.39 is 26.0 Å². The first-order valence-electron chi connectivity index (χ1n) is 5.76. The molecule has 1 fully saturated rings. The van der Waals surface area contributed by atoms with Crippen LogP contribution in [0.1, 0.15) is 25.1 Å². The molecule has 1 unspecified atom stereocenters. The number of nitrogens with zero attached hydrogens (tertiary/aromatic N) is 1. The van der Waals surface area contributed by atoms with Gasteiger partial charge in [-0.1, -0.05) is 0 Å². The summed E-state index contributed by atoms with van der Waals surface area (Å²) in [5.74, 6) is 0. The van der Waals surface area contributed by atoms with Crippen molar-refractivity contribution in [1.82, 2.24) is 9.55 Å². The van der Waals surface area contributed by atoms with Crippen molar-refractivity contribution < 1.29 is 14.2 Å². The van der Waals surface area contributed by atoms with Gasteiger partial charge in [-0.25, -0.2) is 4.79 Å². The molecule has 106 valence electrons. The van der Waals surface area contributed by atoms with E-state index in [-0.39, 0.29) is 12.2 Å². The number of aromatic nitrogens is 2. The molecule has 0 aliphatic carbocycles. The Kier molecular flexibility index (Phi) is 4.17. The minimum Gasteiger partial charge on any atom is -0.352 e. The number of ether oxygens (including phenoxy) is 1. The van der Waals surface area contributed by atoms with Crippen LogP contribution in [0.4, 0.5) is 0 Å². The number of H-pyrrole nitrogens is 1. The number of hydrogen-bond donors (Lipinski definition) is 3. The first-order chi connectivity index (χ1) is 8.88. The average Bonchev–Trinajstić information content (AvgIpc) is 2.64. The van der Waals surface area contributed by atoms with Gasteiger partial charge in [-0.3, -0.25) is 19.8 Å². The first-order valence-corrected chi connectivity index (χ1v) is 7.04. The summed E-state index contributed by atoms with van der Waals surface area (Å²) in [6.07, 6.45) is 0.599. The van der Waals surface area contributed by atoms with Gasteiger partial charge in [0.25, 0.3) is 5.56 Å². The molecule has 8 nitrogen and oxygen atoms in total. The zero-order valence-electron chi connectivity index (χ0n) is 10.6. The third-order valence-electron chi connectivity index (χ3n) is 3.03. The number of nitrogens with one attached hydrogen (secondary N) is 1. The molecule has 0 aromatic carbocycles. The van der Waals surface area contributed by atoms with Gasteiger partial charge in [0, 0.05) is 18.2 Å². The lowest BCUT2D eigenvalue weighted by molar-refractivity contribution is -0.00650. The lowest BCUT2D eigenvalue weighted by Gasteiger charge is -2.14. The van der Waals surface area contributed by atoms with Crippen molar-refractivity contribution in [2.24, 2.45) is 5.50 Å². The summed E-state index contributed by atoms with van der Waals surface area (Å²) < 4.78 is 12.1. The molecule has 1 saturated heterocycles. The van der Waals surface area contributed by atoms with E-state index >= 15 is 0 Å². The molecule has 0 saturated carbocycles. The predicted molar refractivity (Wildman–Crippen MR) is 68.5 cm³/mol. The summed E-state index contributed by atoms with van der Waals surface area (Å²) in [4.78, 5) is 34.3. The number of hydrogen-bond acceptors (Lipinski definition) is 6. The monoisotopic (exact) mass is 289 g/mol. The second-order valence-corrected chi connectivity index (χ2v) is 5.27. The fourth-order valence-electron chi connectivity index (χ4n) is 2.03. The van der Waals surface area contributed by atoms with Crippen LogP contribution in [-0.2, 0) is 9.26 Å². The molecule has 19 heavy (non-hydrogen) atoms. The lowest BCUT2D eigenvalue weighted by atomic mass is 10.2. The number of nitrogens with two attached hydrogens (primary N) is 1.